The van der Waals surface area contributed by atoms with Gasteiger partial charge in [-0.2, -0.15) is 5.10 Å². The van der Waals surface area contributed by atoms with E-state index in [-0.39, 0.29) is 30.0 Å². The predicted molar refractivity (Wildman–Crippen MR) is 101 cm³/mol. The largest absolute Gasteiger partial charge is 0.441 e. The molecule has 2 aromatic heterocycles. The highest BCUT2D eigenvalue weighted by Gasteiger charge is 2.33. The van der Waals surface area contributed by atoms with E-state index in [0.29, 0.717) is 17.3 Å². The molecule has 8 heteroatoms. The Morgan fingerprint density at radius 3 is 2.71 bits per heavy atom. The molecule has 3 aromatic rings. The molecule has 1 aliphatic rings. The summed E-state index contributed by atoms with van der Waals surface area (Å²) in [5, 5.41) is 9.76. The lowest BCUT2D eigenvalue weighted by Crippen LogP contribution is -2.44. The number of aromatic amines is 1. The number of H-pyrrole nitrogens is 1. The van der Waals surface area contributed by atoms with Crippen molar-refractivity contribution in [3.05, 3.63) is 59.2 Å². The van der Waals surface area contributed by atoms with Gasteiger partial charge in [-0.3, -0.25) is 14.7 Å². The van der Waals surface area contributed by atoms with Crippen LogP contribution < -0.4 is 11.1 Å². The average Bonchev–Trinajstić information content (AvgIpc) is 3.26. The van der Waals surface area contributed by atoms with E-state index in [1.165, 1.54) is 0 Å². The fourth-order valence-corrected chi connectivity index (χ4v) is 3.39. The molecule has 0 saturated heterocycles. The molecule has 0 atom stereocenters. The Balaban J connectivity index is 1.31. The first-order valence-corrected chi connectivity index (χ1v) is 9.16. The first-order chi connectivity index (χ1) is 13.5. The van der Waals surface area contributed by atoms with Gasteiger partial charge in [0.2, 0.25) is 11.8 Å². The van der Waals surface area contributed by atoms with Crippen molar-refractivity contribution in [2.24, 2.45) is 5.73 Å². The molecule has 8 nitrogen and oxygen atoms in total. The Bertz CT molecular complexity index is 1000. The minimum Gasteiger partial charge on any atom is -0.441 e. The second kappa shape index (κ2) is 7.30. The lowest BCUT2D eigenvalue weighted by Gasteiger charge is -2.35. The van der Waals surface area contributed by atoms with Gasteiger partial charge in [-0.05, 0) is 38.0 Å². The Morgan fingerprint density at radius 1 is 1.29 bits per heavy atom. The van der Waals surface area contributed by atoms with Gasteiger partial charge in [0.1, 0.15) is 11.5 Å². The number of nitrogens with two attached hydrogens (primary N) is 1. The van der Waals surface area contributed by atoms with Crippen molar-refractivity contribution < 1.29 is 14.0 Å². The zero-order valence-corrected chi connectivity index (χ0v) is 15.4. The number of nitrogens with zero attached hydrogens (tertiary/aromatic N) is 2. The minimum absolute atomic E-state index is 0.0816. The number of hydrogen-bond donors (Lipinski definition) is 3. The molecule has 1 aromatic carbocycles. The first kappa shape index (κ1) is 18.0. The minimum atomic E-state index is -0.551. The number of nitrogens with one attached hydrogen (secondary N) is 2. The van der Waals surface area contributed by atoms with Crippen LogP contribution in [-0.2, 0) is 11.2 Å². The molecule has 1 saturated carbocycles. The van der Waals surface area contributed by atoms with Gasteiger partial charge in [-0.25, -0.2) is 4.98 Å². The second-order valence-electron chi connectivity index (χ2n) is 7.07. The molecule has 0 bridgehead atoms. The van der Waals surface area contributed by atoms with Crippen LogP contribution in [0.3, 0.4) is 0 Å². The molecule has 28 heavy (non-hydrogen) atoms. The molecule has 4 N–H and O–H groups in total. The van der Waals surface area contributed by atoms with Crippen LogP contribution in [0.25, 0.3) is 11.5 Å². The quantitative estimate of drug-likeness (QED) is 0.604. The number of aromatic nitrogens is 3. The van der Waals surface area contributed by atoms with E-state index in [4.69, 9.17) is 10.2 Å². The van der Waals surface area contributed by atoms with Crippen molar-refractivity contribution in [3.63, 3.8) is 0 Å². The third-order valence-corrected chi connectivity index (χ3v) is 5.03. The van der Waals surface area contributed by atoms with E-state index >= 15 is 0 Å². The highest BCUT2D eigenvalue weighted by molar-refractivity contribution is 5.90. The van der Waals surface area contributed by atoms with E-state index in [1.54, 1.807) is 6.07 Å². The summed E-state index contributed by atoms with van der Waals surface area (Å²) in [6.45, 7) is 1.82. The summed E-state index contributed by atoms with van der Waals surface area (Å²) in [6, 6.07) is 11.4. The normalized spacial score (nSPS) is 18.5. The van der Waals surface area contributed by atoms with Gasteiger partial charge in [0.25, 0.3) is 5.91 Å². The SMILES string of the molecule is Cc1oc(-c2ccccc2)nc1CC(=O)NC1CC(c2cc(C(N)=O)n[nH]2)C1. The van der Waals surface area contributed by atoms with Crippen molar-refractivity contribution in [2.45, 2.75) is 38.1 Å². The molecule has 144 valence electrons. The Kier molecular flexibility index (Phi) is 4.68. The van der Waals surface area contributed by atoms with Gasteiger partial charge in [0, 0.05) is 23.2 Å². The third kappa shape index (κ3) is 3.66. The number of amides is 2. The van der Waals surface area contributed by atoms with Crippen LogP contribution in [0.2, 0.25) is 0 Å². The molecule has 0 radical (unpaired) electrons. The zero-order valence-electron chi connectivity index (χ0n) is 15.4. The number of carbonyl (C=O) groups is 2. The zero-order chi connectivity index (χ0) is 19.7. The van der Waals surface area contributed by atoms with E-state index in [9.17, 15) is 9.59 Å². The summed E-state index contributed by atoms with van der Waals surface area (Å²) >= 11 is 0. The first-order valence-electron chi connectivity index (χ1n) is 9.16. The molecule has 0 unspecified atom stereocenters. The fraction of sp³-hybridized carbons (Fsp3) is 0.300. The van der Waals surface area contributed by atoms with Crippen molar-refractivity contribution in [1.29, 1.82) is 0 Å². The summed E-state index contributed by atoms with van der Waals surface area (Å²) in [5.74, 6) is 0.779. The molecular weight excluding hydrogens is 358 g/mol. The van der Waals surface area contributed by atoms with Gasteiger partial charge >= 0.3 is 0 Å². The fourth-order valence-electron chi connectivity index (χ4n) is 3.39. The number of oxazole rings is 1. The standard InChI is InChI=1S/C20H21N5O3/c1-11-15(23-20(28-11)12-5-3-2-4-6-12)10-18(26)22-14-7-13(8-14)16-9-17(19(21)27)25-24-16/h2-6,9,13-14H,7-8,10H2,1H3,(H2,21,27)(H,22,26)(H,24,25). The summed E-state index contributed by atoms with van der Waals surface area (Å²) in [7, 11) is 0. The number of carbonyl (C=O) groups excluding carboxylic acids is 2. The Morgan fingerprint density at radius 2 is 2.04 bits per heavy atom. The summed E-state index contributed by atoms with van der Waals surface area (Å²) in [6.07, 6.45) is 1.76. The van der Waals surface area contributed by atoms with Crippen molar-refractivity contribution in [3.8, 4) is 11.5 Å². The van der Waals surface area contributed by atoms with Gasteiger partial charge in [0.15, 0.2) is 0 Å². The van der Waals surface area contributed by atoms with Crippen molar-refractivity contribution in [1.82, 2.24) is 20.5 Å². The van der Waals surface area contributed by atoms with Crippen LogP contribution in [-0.4, -0.2) is 33.0 Å². The molecule has 2 heterocycles. The van der Waals surface area contributed by atoms with Crippen LogP contribution in [0.1, 0.15) is 46.4 Å². The van der Waals surface area contributed by atoms with E-state index < -0.39 is 5.91 Å². The monoisotopic (exact) mass is 379 g/mol. The molecule has 0 spiro atoms. The van der Waals surface area contributed by atoms with Gasteiger partial charge in [0.05, 0.1) is 12.1 Å². The van der Waals surface area contributed by atoms with Crippen LogP contribution in [0, 0.1) is 6.92 Å². The van der Waals surface area contributed by atoms with Gasteiger partial charge in [-0.15, -0.1) is 0 Å². The molecule has 2 amide bonds. The Hall–Kier alpha value is -3.42. The molecule has 1 aliphatic carbocycles. The number of aryl methyl sites for hydroxylation is 1. The van der Waals surface area contributed by atoms with Crippen LogP contribution in [0.15, 0.2) is 40.8 Å². The van der Waals surface area contributed by atoms with Crippen LogP contribution >= 0.6 is 0 Å². The van der Waals surface area contributed by atoms with Crippen molar-refractivity contribution in [2.75, 3.05) is 0 Å². The van der Waals surface area contributed by atoms with Crippen molar-refractivity contribution >= 4 is 11.8 Å². The number of hydrogen-bond acceptors (Lipinski definition) is 5. The lowest BCUT2D eigenvalue weighted by molar-refractivity contribution is -0.121. The highest BCUT2D eigenvalue weighted by Crippen LogP contribution is 2.36. The second-order valence-corrected chi connectivity index (χ2v) is 7.07. The summed E-state index contributed by atoms with van der Waals surface area (Å²) in [4.78, 5) is 28.0. The summed E-state index contributed by atoms with van der Waals surface area (Å²) < 4.78 is 5.70. The average molecular weight is 379 g/mol. The van der Waals surface area contributed by atoms with E-state index in [1.807, 2.05) is 37.3 Å². The lowest BCUT2D eigenvalue weighted by atomic mass is 9.78. The van der Waals surface area contributed by atoms with Crippen LogP contribution in [0.5, 0.6) is 0 Å². The molecule has 1 fully saturated rings. The van der Waals surface area contributed by atoms with E-state index in [2.05, 4.69) is 20.5 Å². The maximum atomic E-state index is 12.4. The van der Waals surface area contributed by atoms with Gasteiger partial charge in [-0.1, -0.05) is 18.2 Å². The highest BCUT2D eigenvalue weighted by atomic mass is 16.4. The maximum Gasteiger partial charge on any atom is 0.269 e. The topological polar surface area (TPSA) is 127 Å². The molecular formula is C20H21N5O3. The number of primary amides is 1. The van der Waals surface area contributed by atoms with Gasteiger partial charge < -0.3 is 15.5 Å². The summed E-state index contributed by atoms with van der Waals surface area (Å²) in [5.41, 5.74) is 7.85. The third-order valence-electron chi connectivity index (χ3n) is 5.03. The number of benzene rings is 1. The maximum absolute atomic E-state index is 12.4. The molecule has 4 rings (SSSR count). The number of rotatable bonds is 6. The molecule has 0 aliphatic heterocycles. The Labute approximate surface area is 161 Å². The van der Waals surface area contributed by atoms with Crippen LogP contribution in [0.4, 0.5) is 0 Å². The predicted octanol–water partition coefficient (Wildman–Crippen LogP) is 2.08. The smallest absolute Gasteiger partial charge is 0.269 e. The van der Waals surface area contributed by atoms with E-state index in [0.717, 1.165) is 24.1 Å².